The lowest BCUT2D eigenvalue weighted by atomic mass is 9.89. The quantitative estimate of drug-likeness (QED) is 0.767. The predicted octanol–water partition coefficient (Wildman–Crippen LogP) is 1.62. The highest BCUT2D eigenvalue weighted by Gasteiger charge is 2.41. The van der Waals surface area contributed by atoms with Gasteiger partial charge in [-0.15, -0.1) is 0 Å². The van der Waals surface area contributed by atoms with Crippen molar-refractivity contribution >= 4 is 16.9 Å². The lowest BCUT2D eigenvalue weighted by Crippen LogP contribution is -2.50. The fraction of sp³-hybridized carbons (Fsp3) is 0.357. The van der Waals surface area contributed by atoms with Crippen molar-refractivity contribution in [3.63, 3.8) is 0 Å². The van der Waals surface area contributed by atoms with Crippen LogP contribution in [0, 0.1) is 0 Å². The van der Waals surface area contributed by atoms with Gasteiger partial charge in [-0.2, -0.15) is 0 Å². The molecular weight excluding hydrogens is 244 g/mol. The normalized spacial score (nSPS) is 22.2. The molecule has 100 valence electrons. The topological polar surface area (TPSA) is 74.4 Å². The summed E-state index contributed by atoms with van der Waals surface area (Å²) in [6.07, 6.45) is 0.824. The maximum atomic E-state index is 11.5. The predicted molar refractivity (Wildman–Crippen MR) is 71.5 cm³/mol. The number of carboxylic acids is 1. The second-order valence-corrected chi connectivity index (χ2v) is 5.00. The van der Waals surface area contributed by atoms with Crippen molar-refractivity contribution in [2.24, 2.45) is 0 Å². The van der Waals surface area contributed by atoms with E-state index < -0.39 is 11.5 Å². The molecule has 1 aliphatic heterocycles. The molecule has 0 spiro atoms. The number of fused-ring (bicyclic) bond motifs is 3. The van der Waals surface area contributed by atoms with Crippen molar-refractivity contribution in [2.45, 2.75) is 18.9 Å². The summed E-state index contributed by atoms with van der Waals surface area (Å²) in [7, 11) is 1.62. The molecule has 3 rings (SSSR count). The van der Waals surface area contributed by atoms with E-state index >= 15 is 0 Å². The number of hydrogen-bond acceptors (Lipinski definition) is 3. The number of nitrogens with one attached hydrogen (secondary N) is 2. The van der Waals surface area contributed by atoms with E-state index in [1.807, 2.05) is 18.2 Å². The van der Waals surface area contributed by atoms with Gasteiger partial charge in [0.05, 0.1) is 12.8 Å². The number of aliphatic carboxylic acids is 1. The van der Waals surface area contributed by atoms with Gasteiger partial charge >= 0.3 is 5.97 Å². The van der Waals surface area contributed by atoms with Crippen LogP contribution in [0.3, 0.4) is 0 Å². The van der Waals surface area contributed by atoms with Crippen LogP contribution in [0.15, 0.2) is 18.2 Å². The van der Waals surface area contributed by atoms with E-state index in [9.17, 15) is 9.90 Å². The minimum Gasteiger partial charge on any atom is -0.497 e. The molecule has 1 aromatic carbocycles. The Hall–Kier alpha value is -2.01. The van der Waals surface area contributed by atoms with Crippen LogP contribution in [-0.4, -0.2) is 29.7 Å². The SMILES string of the molecule is COc1ccc2c3c([nH]c2c1)[C@@](C)(C(=O)O)NCC3. The highest BCUT2D eigenvalue weighted by molar-refractivity contribution is 5.90. The van der Waals surface area contributed by atoms with Crippen LogP contribution in [0.4, 0.5) is 0 Å². The van der Waals surface area contributed by atoms with Crippen molar-refractivity contribution in [1.82, 2.24) is 10.3 Å². The first-order valence-corrected chi connectivity index (χ1v) is 6.24. The van der Waals surface area contributed by atoms with Crippen LogP contribution in [-0.2, 0) is 16.8 Å². The molecule has 5 nitrogen and oxygen atoms in total. The third-order valence-electron chi connectivity index (χ3n) is 3.89. The number of carbonyl (C=O) groups is 1. The van der Waals surface area contributed by atoms with Crippen molar-refractivity contribution in [3.8, 4) is 5.75 Å². The molecule has 0 saturated heterocycles. The van der Waals surface area contributed by atoms with Gasteiger partial charge in [0.2, 0.25) is 0 Å². The molecule has 1 aliphatic rings. The van der Waals surface area contributed by atoms with Crippen molar-refractivity contribution in [2.75, 3.05) is 13.7 Å². The van der Waals surface area contributed by atoms with Crippen molar-refractivity contribution in [1.29, 1.82) is 0 Å². The number of benzene rings is 1. The molecule has 0 saturated carbocycles. The lowest BCUT2D eigenvalue weighted by Gasteiger charge is -2.31. The van der Waals surface area contributed by atoms with Crippen LogP contribution in [0.2, 0.25) is 0 Å². The first kappa shape index (κ1) is 12.0. The van der Waals surface area contributed by atoms with E-state index in [1.165, 1.54) is 0 Å². The first-order valence-electron chi connectivity index (χ1n) is 6.24. The van der Waals surface area contributed by atoms with E-state index in [-0.39, 0.29) is 0 Å². The highest BCUT2D eigenvalue weighted by Crippen LogP contribution is 2.34. The number of aromatic nitrogens is 1. The summed E-state index contributed by atoms with van der Waals surface area (Å²) < 4.78 is 5.20. The number of hydrogen-bond donors (Lipinski definition) is 3. The number of methoxy groups -OCH3 is 1. The van der Waals surface area contributed by atoms with Crippen LogP contribution < -0.4 is 10.1 Å². The molecular formula is C14H16N2O3. The average Bonchev–Trinajstić information content (AvgIpc) is 2.78. The van der Waals surface area contributed by atoms with E-state index in [1.54, 1.807) is 14.0 Å². The molecule has 0 bridgehead atoms. The van der Waals surface area contributed by atoms with Crippen LogP contribution >= 0.6 is 0 Å². The lowest BCUT2D eigenvalue weighted by molar-refractivity contribution is -0.145. The number of carboxylic acid groups (broad SMARTS) is 1. The second-order valence-electron chi connectivity index (χ2n) is 5.00. The molecule has 1 atom stereocenters. The standard InChI is InChI=1S/C14H16N2O3/c1-14(13(17)18)12-10(5-6-15-14)9-4-3-8(19-2)7-11(9)16-12/h3-4,7,15-16H,5-6H2,1-2H3,(H,17,18)/t14-/m0/s1. The molecule has 1 aromatic heterocycles. The molecule has 0 aliphatic carbocycles. The zero-order valence-electron chi connectivity index (χ0n) is 10.9. The van der Waals surface area contributed by atoms with Gasteiger partial charge in [0.1, 0.15) is 5.75 Å². The van der Waals surface area contributed by atoms with E-state index in [0.29, 0.717) is 6.54 Å². The largest absolute Gasteiger partial charge is 0.497 e. The summed E-state index contributed by atoms with van der Waals surface area (Å²) in [6.45, 7) is 2.36. The van der Waals surface area contributed by atoms with Gasteiger partial charge in [-0.3, -0.25) is 5.32 Å². The minimum atomic E-state index is -1.06. The Kier molecular flexibility index (Phi) is 2.53. The Morgan fingerprint density at radius 3 is 2.95 bits per heavy atom. The highest BCUT2D eigenvalue weighted by atomic mass is 16.5. The smallest absolute Gasteiger partial charge is 0.329 e. The average molecular weight is 260 g/mol. The third kappa shape index (κ3) is 1.62. The van der Waals surface area contributed by atoms with Gasteiger partial charge in [-0.25, -0.2) is 4.79 Å². The van der Waals surface area contributed by atoms with Crippen molar-refractivity contribution < 1.29 is 14.6 Å². The number of rotatable bonds is 2. The van der Waals surface area contributed by atoms with Crippen LogP contribution in [0.5, 0.6) is 5.75 Å². The molecule has 0 amide bonds. The summed E-state index contributed by atoms with van der Waals surface area (Å²) in [4.78, 5) is 14.8. The van der Waals surface area contributed by atoms with Gasteiger partial charge in [-0.05, 0) is 31.0 Å². The van der Waals surface area contributed by atoms with E-state index in [0.717, 1.165) is 34.3 Å². The fourth-order valence-electron chi connectivity index (χ4n) is 2.76. The molecule has 2 aromatic rings. The Morgan fingerprint density at radius 2 is 2.26 bits per heavy atom. The molecule has 19 heavy (non-hydrogen) atoms. The summed E-state index contributed by atoms with van der Waals surface area (Å²) in [5.41, 5.74) is 1.69. The van der Waals surface area contributed by atoms with Gasteiger partial charge < -0.3 is 14.8 Å². The zero-order valence-corrected chi connectivity index (χ0v) is 10.9. The molecule has 3 N–H and O–H groups in total. The summed E-state index contributed by atoms with van der Waals surface area (Å²) >= 11 is 0. The monoisotopic (exact) mass is 260 g/mol. The summed E-state index contributed by atoms with van der Waals surface area (Å²) in [6, 6.07) is 5.78. The van der Waals surface area contributed by atoms with Crippen molar-refractivity contribution in [3.05, 3.63) is 29.5 Å². The molecule has 0 unspecified atom stereocenters. The molecule has 0 fully saturated rings. The Balaban J connectivity index is 2.26. The number of H-pyrrole nitrogens is 1. The van der Waals surface area contributed by atoms with E-state index in [4.69, 9.17) is 4.74 Å². The second kappa shape index (κ2) is 3.99. The Morgan fingerprint density at radius 1 is 1.47 bits per heavy atom. The maximum Gasteiger partial charge on any atom is 0.329 e. The summed E-state index contributed by atoms with van der Waals surface area (Å²) in [5.74, 6) is -0.108. The van der Waals surface area contributed by atoms with Gasteiger partial charge in [-0.1, -0.05) is 0 Å². The van der Waals surface area contributed by atoms with Crippen LogP contribution in [0.25, 0.3) is 10.9 Å². The Labute approximate surface area is 110 Å². The fourth-order valence-corrected chi connectivity index (χ4v) is 2.76. The van der Waals surface area contributed by atoms with Gasteiger partial charge in [0.15, 0.2) is 5.54 Å². The number of ether oxygens (including phenoxy) is 1. The minimum absolute atomic E-state index is 0.661. The zero-order chi connectivity index (χ0) is 13.6. The first-order chi connectivity index (χ1) is 9.06. The third-order valence-corrected chi connectivity index (χ3v) is 3.89. The molecule has 5 heteroatoms. The molecule has 2 heterocycles. The van der Waals surface area contributed by atoms with Crippen LogP contribution in [0.1, 0.15) is 18.2 Å². The molecule has 0 radical (unpaired) electrons. The number of aromatic amines is 1. The summed E-state index contributed by atoms with van der Waals surface area (Å²) in [5, 5.41) is 13.6. The maximum absolute atomic E-state index is 11.5. The van der Waals surface area contributed by atoms with Gasteiger partial charge in [0.25, 0.3) is 0 Å². The van der Waals surface area contributed by atoms with Gasteiger partial charge in [0, 0.05) is 23.5 Å². The Bertz CT molecular complexity index is 662. The van der Waals surface area contributed by atoms with E-state index in [2.05, 4.69) is 10.3 Å².